The van der Waals surface area contributed by atoms with Crippen LogP contribution in [0.25, 0.3) is 11.0 Å². The molecule has 2 heterocycles. The molecule has 1 aliphatic carbocycles. The van der Waals surface area contributed by atoms with Crippen molar-refractivity contribution in [2.24, 2.45) is 0 Å². The molecule has 1 aromatic carbocycles. The van der Waals surface area contributed by atoms with E-state index in [0.717, 1.165) is 25.0 Å². The average Bonchev–Trinajstić information content (AvgIpc) is 3.29. The van der Waals surface area contributed by atoms with E-state index in [1.807, 2.05) is 39.0 Å². The summed E-state index contributed by atoms with van der Waals surface area (Å²) >= 11 is 1.33. The SMILES string of the molecule is CC[C@@H](C)n1c(SCC(=O)N[C@H]2CCc3ccccc32)nc2cc(C)[nH]c2c1=O. The normalized spacial score (nSPS) is 16.7. The summed E-state index contributed by atoms with van der Waals surface area (Å²) in [5.74, 6) is 0.197. The number of benzene rings is 1. The van der Waals surface area contributed by atoms with Crippen molar-refractivity contribution in [3.63, 3.8) is 0 Å². The van der Waals surface area contributed by atoms with Crippen LogP contribution in [-0.4, -0.2) is 26.2 Å². The summed E-state index contributed by atoms with van der Waals surface area (Å²) in [7, 11) is 0. The number of aromatic nitrogens is 3. The highest BCUT2D eigenvalue weighted by atomic mass is 32.2. The van der Waals surface area contributed by atoms with Gasteiger partial charge in [0.1, 0.15) is 5.52 Å². The van der Waals surface area contributed by atoms with Crippen molar-refractivity contribution in [3.8, 4) is 0 Å². The van der Waals surface area contributed by atoms with Crippen LogP contribution in [0.2, 0.25) is 0 Å². The summed E-state index contributed by atoms with van der Waals surface area (Å²) in [5.41, 5.74) is 4.53. The Labute approximate surface area is 174 Å². The van der Waals surface area contributed by atoms with Crippen LogP contribution >= 0.6 is 11.8 Å². The van der Waals surface area contributed by atoms with Crippen molar-refractivity contribution in [1.82, 2.24) is 19.9 Å². The standard InChI is InChI=1S/C22H26N4O2S/c1-4-14(3)26-21(28)20-18(11-13(2)23-20)25-22(26)29-12-19(27)24-17-10-9-15-7-5-6-8-16(15)17/h5-8,11,14,17,23H,4,9-10,12H2,1-3H3,(H,24,27)/t14-,17+/m1/s1. The number of amides is 1. The van der Waals surface area contributed by atoms with Crippen molar-refractivity contribution in [2.75, 3.05) is 5.75 Å². The van der Waals surface area contributed by atoms with Crippen LogP contribution < -0.4 is 10.9 Å². The number of aryl methyl sites for hydroxylation is 2. The number of hydrogen-bond donors (Lipinski definition) is 2. The van der Waals surface area contributed by atoms with Crippen LogP contribution in [0, 0.1) is 6.92 Å². The summed E-state index contributed by atoms with van der Waals surface area (Å²) in [4.78, 5) is 33.4. The van der Waals surface area contributed by atoms with E-state index in [1.165, 1.54) is 22.9 Å². The van der Waals surface area contributed by atoms with Gasteiger partial charge in [0.05, 0.1) is 17.3 Å². The second-order valence-corrected chi connectivity index (χ2v) is 8.63. The Bertz CT molecular complexity index is 1120. The molecule has 2 atom stereocenters. The molecule has 0 unspecified atom stereocenters. The number of thioether (sulfide) groups is 1. The second kappa shape index (κ2) is 8.06. The third-order valence-electron chi connectivity index (χ3n) is 5.62. The molecule has 0 radical (unpaired) electrons. The topological polar surface area (TPSA) is 79.8 Å². The predicted molar refractivity (Wildman–Crippen MR) is 116 cm³/mol. The minimum atomic E-state index is -0.0786. The Morgan fingerprint density at radius 3 is 3.00 bits per heavy atom. The fraction of sp³-hybridized carbons (Fsp3) is 0.409. The molecule has 0 aliphatic heterocycles. The van der Waals surface area contributed by atoms with E-state index >= 15 is 0 Å². The van der Waals surface area contributed by atoms with E-state index < -0.39 is 0 Å². The summed E-state index contributed by atoms with van der Waals surface area (Å²) in [5, 5.41) is 3.74. The quantitative estimate of drug-likeness (QED) is 0.477. The van der Waals surface area contributed by atoms with Gasteiger partial charge in [0.2, 0.25) is 5.91 Å². The number of carbonyl (C=O) groups excluding carboxylic acids is 1. The van der Waals surface area contributed by atoms with Gasteiger partial charge in [-0.25, -0.2) is 4.98 Å². The fourth-order valence-electron chi connectivity index (χ4n) is 3.94. The average molecular weight is 411 g/mol. The molecule has 0 saturated heterocycles. The number of fused-ring (bicyclic) bond motifs is 2. The highest BCUT2D eigenvalue weighted by Gasteiger charge is 2.24. The molecule has 0 fully saturated rings. The summed E-state index contributed by atoms with van der Waals surface area (Å²) < 4.78 is 1.71. The van der Waals surface area contributed by atoms with Crippen LogP contribution in [-0.2, 0) is 11.2 Å². The van der Waals surface area contributed by atoms with Gasteiger partial charge in [0, 0.05) is 11.7 Å². The van der Waals surface area contributed by atoms with E-state index in [4.69, 9.17) is 0 Å². The minimum Gasteiger partial charge on any atom is -0.353 e. The van der Waals surface area contributed by atoms with Gasteiger partial charge in [-0.05, 0) is 50.3 Å². The maximum atomic E-state index is 13.0. The fourth-order valence-corrected chi connectivity index (χ4v) is 4.84. The van der Waals surface area contributed by atoms with Gasteiger partial charge in [-0.3, -0.25) is 14.2 Å². The number of nitrogens with one attached hydrogen (secondary N) is 2. The van der Waals surface area contributed by atoms with Gasteiger partial charge in [-0.1, -0.05) is 43.0 Å². The van der Waals surface area contributed by atoms with E-state index in [0.29, 0.717) is 16.2 Å². The van der Waals surface area contributed by atoms with Crippen LogP contribution in [0.3, 0.4) is 0 Å². The van der Waals surface area contributed by atoms with Gasteiger partial charge >= 0.3 is 0 Å². The Morgan fingerprint density at radius 2 is 2.21 bits per heavy atom. The summed E-state index contributed by atoms with van der Waals surface area (Å²) in [6.45, 7) is 5.96. The molecular formula is C22H26N4O2S. The van der Waals surface area contributed by atoms with Crippen molar-refractivity contribution >= 4 is 28.7 Å². The number of hydrogen-bond acceptors (Lipinski definition) is 4. The van der Waals surface area contributed by atoms with Crippen LogP contribution in [0.4, 0.5) is 0 Å². The van der Waals surface area contributed by atoms with E-state index in [2.05, 4.69) is 27.4 Å². The molecule has 29 heavy (non-hydrogen) atoms. The van der Waals surface area contributed by atoms with E-state index in [-0.39, 0.29) is 29.3 Å². The molecule has 2 N–H and O–H groups in total. The molecule has 0 saturated carbocycles. The molecule has 4 rings (SSSR count). The van der Waals surface area contributed by atoms with Gasteiger partial charge < -0.3 is 10.3 Å². The lowest BCUT2D eigenvalue weighted by Crippen LogP contribution is -2.30. The third kappa shape index (κ3) is 3.83. The monoisotopic (exact) mass is 410 g/mol. The van der Waals surface area contributed by atoms with Crippen molar-refractivity contribution in [3.05, 3.63) is 57.5 Å². The molecule has 7 heteroatoms. The highest BCUT2D eigenvalue weighted by Crippen LogP contribution is 2.31. The zero-order chi connectivity index (χ0) is 20.5. The van der Waals surface area contributed by atoms with E-state index in [1.54, 1.807) is 4.57 Å². The van der Waals surface area contributed by atoms with Crippen LogP contribution in [0.1, 0.15) is 55.6 Å². The molecule has 0 bridgehead atoms. The Kier molecular flexibility index (Phi) is 5.50. The maximum Gasteiger partial charge on any atom is 0.278 e. The summed E-state index contributed by atoms with van der Waals surface area (Å²) in [6.07, 6.45) is 2.73. The first-order chi connectivity index (χ1) is 14.0. The number of aromatic amines is 1. The first kappa shape index (κ1) is 19.8. The van der Waals surface area contributed by atoms with Gasteiger partial charge in [-0.2, -0.15) is 0 Å². The number of carbonyl (C=O) groups is 1. The lowest BCUT2D eigenvalue weighted by Gasteiger charge is -2.18. The maximum absolute atomic E-state index is 13.0. The highest BCUT2D eigenvalue weighted by molar-refractivity contribution is 7.99. The van der Waals surface area contributed by atoms with Gasteiger partial charge in [0.25, 0.3) is 5.56 Å². The Balaban J connectivity index is 1.53. The lowest BCUT2D eigenvalue weighted by atomic mass is 10.1. The third-order valence-corrected chi connectivity index (χ3v) is 6.57. The van der Waals surface area contributed by atoms with Crippen LogP contribution in [0.5, 0.6) is 0 Å². The Hall–Kier alpha value is -2.54. The number of nitrogens with zero attached hydrogens (tertiary/aromatic N) is 2. The molecule has 2 aromatic heterocycles. The molecule has 1 aliphatic rings. The lowest BCUT2D eigenvalue weighted by molar-refractivity contribution is -0.119. The van der Waals surface area contributed by atoms with Crippen molar-refractivity contribution in [1.29, 1.82) is 0 Å². The zero-order valence-electron chi connectivity index (χ0n) is 17.0. The van der Waals surface area contributed by atoms with Crippen LogP contribution in [0.15, 0.2) is 40.3 Å². The first-order valence-electron chi connectivity index (χ1n) is 10.1. The van der Waals surface area contributed by atoms with Crippen molar-refractivity contribution in [2.45, 2.75) is 57.3 Å². The zero-order valence-corrected chi connectivity index (χ0v) is 17.8. The second-order valence-electron chi connectivity index (χ2n) is 7.69. The Morgan fingerprint density at radius 1 is 1.41 bits per heavy atom. The van der Waals surface area contributed by atoms with E-state index in [9.17, 15) is 9.59 Å². The largest absolute Gasteiger partial charge is 0.353 e. The minimum absolute atomic E-state index is 0.00952. The molecule has 0 spiro atoms. The van der Waals surface area contributed by atoms with Gasteiger partial charge in [0.15, 0.2) is 5.16 Å². The molecular weight excluding hydrogens is 384 g/mol. The molecule has 1 amide bonds. The number of rotatable bonds is 6. The number of H-pyrrole nitrogens is 1. The smallest absolute Gasteiger partial charge is 0.278 e. The van der Waals surface area contributed by atoms with Crippen molar-refractivity contribution < 1.29 is 4.79 Å². The first-order valence-corrected chi connectivity index (χ1v) is 11.1. The molecule has 152 valence electrons. The summed E-state index contributed by atoms with van der Waals surface area (Å²) in [6, 6.07) is 10.2. The predicted octanol–water partition coefficient (Wildman–Crippen LogP) is 3.90. The van der Waals surface area contributed by atoms with Gasteiger partial charge in [-0.15, -0.1) is 0 Å². The molecule has 6 nitrogen and oxygen atoms in total. The molecule has 3 aromatic rings.